The van der Waals surface area contributed by atoms with Crippen molar-refractivity contribution < 1.29 is 4.39 Å². The molecule has 0 amide bonds. The van der Waals surface area contributed by atoms with Crippen molar-refractivity contribution in [2.75, 3.05) is 27.2 Å². The Kier molecular flexibility index (Phi) is 5.46. The summed E-state index contributed by atoms with van der Waals surface area (Å²) >= 11 is 0. The van der Waals surface area contributed by atoms with Crippen LogP contribution in [0.2, 0.25) is 0 Å². The Morgan fingerprint density at radius 1 is 1.37 bits per heavy atom. The van der Waals surface area contributed by atoms with Crippen molar-refractivity contribution in [3.63, 3.8) is 0 Å². The summed E-state index contributed by atoms with van der Waals surface area (Å²) in [6, 6.07) is 6.52. The molecule has 1 aromatic rings. The maximum Gasteiger partial charge on any atom is 0.140 e. The van der Waals surface area contributed by atoms with Crippen LogP contribution in [0.1, 0.15) is 25.0 Å². The van der Waals surface area contributed by atoms with Crippen LogP contribution < -0.4 is 5.32 Å². The highest BCUT2D eigenvalue weighted by atomic mass is 19.1. The van der Waals surface area contributed by atoms with E-state index in [9.17, 15) is 4.39 Å². The normalized spacial score (nSPS) is 11.6. The number of halogens is 1. The maximum atomic E-state index is 13.2. The van der Waals surface area contributed by atoms with Crippen molar-refractivity contribution in [3.05, 3.63) is 35.1 Å². The molecular formula is C15H22FN3. The second-order valence-electron chi connectivity index (χ2n) is 5.93. The number of hydrogen-bond acceptors (Lipinski definition) is 3. The number of nitrogens with zero attached hydrogens (tertiary/aromatic N) is 2. The van der Waals surface area contributed by atoms with E-state index >= 15 is 0 Å². The molecule has 0 heterocycles. The second kappa shape index (κ2) is 6.65. The third kappa shape index (κ3) is 5.37. The molecule has 1 aromatic carbocycles. The van der Waals surface area contributed by atoms with Crippen molar-refractivity contribution in [2.45, 2.75) is 20.4 Å². The van der Waals surface area contributed by atoms with E-state index in [4.69, 9.17) is 5.26 Å². The van der Waals surface area contributed by atoms with Crippen LogP contribution in [0.25, 0.3) is 0 Å². The molecule has 0 aromatic heterocycles. The second-order valence-corrected chi connectivity index (χ2v) is 5.93. The first-order chi connectivity index (χ1) is 8.84. The van der Waals surface area contributed by atoms with Gasteiger partial charge in [-0.3, -0.25) is 0 Å². The number of hydrogen-bond donors (Lipinski definition) is 1. The number of rotatable bonds is 6. The molecule has 0 spiro atoms. The summed E-state index contributed by atoms with van der Waals surface area (Å²) in [5.41, 5.74) is 1.20. The lowest BCUT2D eigenvalue weighted by molar-refractivity contribution is 0.232. The number of benzene rings is 1. The molecule has 0 aliphatic rings. The molecule has 0 bridgehead atoms. The highest BCUT2D eigenvalue weighted by Gasteiger charge is 2.18. The van der Waals surface area contributed by atoms with Gasteiger partial charge in [-0.25, -0.2) is 4.39 Å². The van der Waals surface area contributed by atoms with Gasteiger partial charge in [0, 0.05) is 19.6 Å². The Morgan fingerprint density at radius 3 is 2.63 bits per heavy atom. The van der Waals surface area contributed by atoms with Crippen LogP contribution in [0.3, 0.4) is 0 Å². The average Bonchev–Trinajstić information content (AvgIpc) is 2.29. The van der Waals surface area contributed by atoms with E-state index in [2.05, 4.69) is 38.2 Å². The van der Waals surface area contributed by atoms with Crippen LogP contribution in [-0.2, 0) is 6.54 Å². The van der Waals surface area contributed by atoms with Gasteiger partial charge < -0.3 is 10.2 Å². The Morgan fingerprint density at radius 2 is 2.05 bits per heavy atom. The Labute approximate surface area is 115 Å². The van der Waals surface area contributed by atoms with E-state index in [0.29, 0.717) is 6.54 Å². The molecule has 1 N–H and O–H groups in total. The SMILES string of the molecule is CN(C)CC(C)(C)CNCc1ccc(F)c(C#N)c1. The fourth-order valence-electron chi connectivity index (χ4n) is 2.23. The third-order valence-corrected chi connectivity index (χ3v) is 2.83. The quantitative estimate of drug-likeness (QED) is 0.856. The van der Waals surface area contributed by atoms with E-state index in [1.807, 2.05) is 6.07 Å². The van der Waals surface area contributed by atoms with E-state index in [0.717, 1.165) is 18.7 Å². The smallest absolute Gasteiger partial charge is 0.140 e. The van der Waals surface area contributed by atoms with Crippen molar-refractivity contribution in [1.29, 1.82) is 5.26 Å². The summed E-state index contributed by atoms with van der Waals surface area (Å²) in [4.78, 5) is 2.16. The molecule has 19 heavy (non-hydrogen) atoms. The summed E-state index contributed by atoms with van der Waals surface area (Å²) in [6.07, 6.45) is 0. The molecular weight excluding hydrogens is 241 g/mol. The fraction of sp³-hybridized carbons (Fsp3) is 0.533. The molecule has 0 unspecified atom stereocenters. The summed E-state index contributed by atoms with van der Waals surface area (Å²) in [6.45, 7) is 6.90. The predicted octanol–water partition coefficient (Wildman–Crippen LogP) is 2.37. The average molecular weight is 263 g/mol. The first-order valence-corrected chi connectivity index (χ1v) is 6.38. The van der Waals surface area contributed by atoms with E-state index in [1.165, 1.54) is 6.07 Å². The molecule has 0 aliphatic carbocycles. The first-order valence-electron chi connectivity index (χ1n) is 6.38. The van der Waals surface area contributed by atoms with Gasteiger partial charge in [-0.15, -0.1) is 0 Å². The lowest BCUT2D eigenvalue weighted by atomic mass is 9.93. The zero-order valence-corrected chi connectivity index (χ0v) is 12.1. The Balaban J connectivity index is 2.52. The molecule has 0 radical (unpaired) electrons. The molecule has 0 fully saturated rings. The largest absolute Gasteiger partial charge is 0.312 e. The summed E-state index contributed by atoms with van der Waals surface area (Å²) in [5, 5.41) is 12.1. The Bertz CT molecular complexity index is 461. The maximum absolute atomic E-state index is 13.2. The van der Waals surface area contributed by atoms with Gasteiger partial charge in [-0.05, 0) is 37.2 Å². The minimum Gasteiger partial charge on any atom is -0.312 e. The topological polar surface area (TPSA) is 39.1 Å². The summed E-state index contributed by atoms with van der Waals surface area (Å²) in [5.74, 6) is -0.459. The highest BCUT2D eigenvalue weighted by Crippen LogP contribution is 2.15. The van der Waals surface area contributed by atoms with Gasteiger partial charge in [0.15, 0.2) is 0 Å². The van der Waals surface area contributed by atoms with Crippen LogP contribution in [0.4, 0.5) is 4.39 Å². The van der Waals surface area contributed by atoms with Gasteiger partial charge >= 0.3 is 0 Å². The third-order valence-electron chi connectivity index (χ3n) is 2.83. The fourth-order valence-corrected chi connectivity index (χ4v) is 2.23. The predicted molar refractivity (Wildman–Crippen MR) is 75.2 cm³/mol. The zero-order valence-electron chi connectivity index (χ0n) is 12.1. The lowest BCUT2D eigenvalue weighted by Gasteiger charge is -2.28. The van der Waals surface area contributed by atoms with Crippen LogP contribution >= 0.6 is 0 Å². The van der Waals surface area contributed by atoms with Gasteiger partial charge in [-0.1, -0.05) is 19.9 Å². The van der Waals surface area contributed by atoms with Crippen LogP contribution in [0.15, 0.2) is 18.2 Å². The zero-order chi connectivity index (χ0) is 14.5. The van der Waals surface area contributed by atoms with Crippen molar-refractivity contribution in [3.8, 4) is 6.07 Å². The number of nitriles is 1. The highest BCUT2D eigenvalue weighted by molar-refractivity contribution is 5.34. The first kappa shape index (κ1) is 15.6. The van der Waals surface area contributed by atoms with Crippen molar-refractivity contribution in [1.82, 2.24) is 10.2 Å². The minimum absolute atomic E-state index is 0.104. The molecule has 0 saturated carbocycles. The molecule has 0 aliphatic heterocycles. The standard InChI is InChI=1S/C15H22FN3/c1-15(2,11-19(3)4)10-18-9-12-5-6-14(16)13(7-12)8-17/h5-7,18H,9-11H2,1-4H3. The van der Waals surface area contributed by atoms with Crippen molar-refractivity contribution in [2.24, 2.45) is 5.41 Å². The summed E-state index contributed by atoms with van der Waals surface area (Å²) < 4.78 is 13.2. The molecule has 4 heteroatoms. The number of nitrogens with one attached hydrogen (secondary N) is 1. The monoisotopic (exact) mass is 263 g/mol. The van der Waals surface area contributed by atoms with E-state index in [1.54, 1.807) is 12.1 Å². The molecule has 0 saturated heterocycles. The van der Waals surface area contributed by atoms with Gasteiger partial charge in [0.05, 0.1) is 5.56 Å². The van der Waals surface area contributed by atoms with Gasteiger partial charge in [-0.2, -0.15) is 5.26 Å². The van der Waals surface area contributed by atoms with Gasteiger partial charge in [0.25, 0.3) is 0 Å². The van der Waals surface area contributed by atoms with Crippen molar-refractivity contribution >= 4 is 0 Å². The van der Waals surface area contributed by atoms with Crippen LogP contribution in [-0.4, -0.2) is 32.1 Å². The van der Waals surface area contributed by atoms with Gasteiger partial charge in [0.2, 0.25) is 0 Å². The Hall–Kier alpha value is -1.44. The van der Waals surface area contributed by atoms with E-state index < -0.39 is 5.82 Å². The van der Waals surface area contributed by atoms with Gasteiger partial charge in [0.1, 0.15) is 11.9 Å². The molecule has 104 valence electrons. The molecule has 1 rings (SSSR count). The summed E-state index contributed by atoms with van der Waals surface area (Å²) in [7, 11) is 4.11. The van der Waals surface area contributed by atoms with E-state index in [-0.39, 0.29) is 11.0 Å². The molecule has 3 nitrogen and oxygen atoms in total. The minimum atomic E-state index is -0.459. The van der Waals surface area contributed by atoms with Crippen LogP contribution in [0.5, 0.6) is 0 Å². The lowest BCUT2D eigenvalue weighted by Crippen LogP contribution is -2.37. The molecule has 0 atom stereocenters. The van der Waals surface area contributed by atoms with Crippen LogP contribution in [0, 0.1) is 22.6 Å².